The first kappa shape index (κ1) is 12.6. The number of esters is 1. The summed E-state index contributed by atoms with van der Waals surface area (Å²) in [6, 6.07) is 5.47. The molecule has 4 nitrogen and oxygen atoms in total. The zero-order valence-corrected chi connectivity index (χ0v) is 11.0. The largest absolute Gasteiger partial charge is 0.497 e. The van der Waals surface area contributed by atoms with Crippen molar-refractivity contribution in [1.82, 2.24) is 4.98 Å². The van der Waals surface area contributed by atoms with Crippen LogP contribution in [0.5, 0.6) is 5.75 Å². The summed E-state index contributed by atoms with van der Waals surface area (Å²) in [4.78, 5) is 14.7. The van der Waals surface area contributed by atoms with E-state index < -0.39 is 5.97 Å². The van der Waals surface area contributed by atoms with Crippen LogP contribution in [0.15, 0.2) is 24.4 Å². The molecule has 0 spiro atoms. The number of carbonyl (C=O) groups excluding carboxylic acids is 1. The summed E-state index contributed by atoms with van der Waals surface area (Å²) in [5.74, 6) is 0.327. The predicted molar refractivity (Wildman–Crippen MR) is 71.6 cm³/mol. The van der Waals surface area contributed by atoms with Gasteiger partial charge in [-0.05, 0) is 19.1 Å². The average molecular weight is 263 g/mol. The zero-order valence-electron chi connectivity index (χ0n) is 10.1. The highest BCUT2D eigenvalue weighted by molar-refractivity contribution is 7.71. The van der Waals surface area contributed by atoms with Crippen LogP contribution in [-0.2, 0) is 4.74 Å². The molecule has 2 rings (SSSR count). The van der Waals surface area contributed by atoms with Gasteiger partial charge in [0.25, 0.3) is 0 Å². The van der Waals surface area contributed by atoms with Crippen LogP contribution >= 0.6 is 12.2 Å². The molecule has 0 aliphatic carbocycles. The minimum atomic E-state index is -0.406. The molecule has 0 aliphatic rings. The van der Waals surface area contributed by atoms with Crippen LogP contribution in [-0.4, -0.2) is 24.7 Å². The Kier molecular flexibility index (Phi) is 3.62. The normalized spacial score (nSPS) is 10.3. The molecule has 0 atom stereocenters. The van der Waals surface area contributed by atoms with Gasteiger partial charge in [0.15, 0.2) is 0 Å². The number of hydrogen-bond acceptors (Lipinski definition) is 4. The van der Waals surface area contributed by atoms with Crippen LogP contribution in [0, 0.1) is 4.51 Å². The van der Waals surface area contributed by atoms with Crippen LogP contribution in [0.25, 0.3) is 10.9 Å². The fourth-order valence-electron chi connectivity index (χ4n) is 1.69. The van der Waals surface area contributed by atoms with E-state index in [4.69, 9.17) is 21.7 Å². The number of methoxy groups -OCH3 is 1. The van der Waals surface area contributed by atoms with Crippen molar-refractivity contribution < 1.29 is 14.3 Å². The molecule has 5 heteroatoms. The van der Waals surface area contributed by atoms with Crippen LogP contribution in [0.3, 0.4) is 0 Å². The number of aromatic nitrogens is 1. The number of rotatable bonds is 3. The summed E-state index contributed by atoms with van der Waals surface area (Å²) in [5.41, 5.74) is 1.21. The maximum absolute atomic E-state index is 11.7. The minimum absolute atomic E-state index is 0.328. The minimum Gasteiger partial charge on any atom is -0.497 e. The topological polar surface area (TPSA) is 51.3 Å². The summed E-state index contributed by atoms with van der Waals surface area (Å²) in [6.07, 6.45) is 1.57. The molecule has 1 aromatic heterocycles. The Hall–Kier alpha value is -1.88. The third-order valence-corrected chi connectivity index (χ3v) is 3.02. The first-order valence-electron chi connectivity index (χ1n) is 5.54. The van der Waals surface area contributed by atoms with Gasteiger partial charge in [-0.2, -0.15) is 0 Å². The Bertz CT molecular complexity index is 648. The first-order chi connectivity index (χ1) is 8.67. The Morgan fingerprint density at radius 3 is 2.89 bits per heavy atom. The van der Waals surface area contributed by atoms with Gasteiger partial charge in [-0.1, -0.05) is 12.2 Å². The summed E-state index contributed by atoms with van der Waals surface area (Å²) in [5, 5.41) is 0.802. The van der Waals surface area contributed by atoms with Crippen molar-refractivity contribution in [3.05, 3.63) is 34.5 Å². The monoisotopic (exact) mass is 263 g/mol. The SMILES string of the molecule is CCOC(=O)c1c[nH]c2cc(OC)ccc2c1=S. The number of carbonyl (C=O) groups is 1. The van der Waals surface area contributed by atoms with E-state index in [0.717, 1.165) is 16.7 Å². The fraction of sp³-hybridized carbons (Fsp3) is 0.231. The molecular formula is C13H13NO3S. The van der Waals surface area contributed by atoms with Crippen molar-refractivity contribution in [2.45, 2.75) is 6.92 Å². The molecule has 94 valence electrons. The van der Waals surface area contributed by atoms with Gasteiger partial charge in [0.2, 0.25) is 0 Å². The molecule has 1 aromatic carbocycles. The Morgan fingerprint density at radius 1 is 1.44 bits per heavy atom. The van der Waals surface area contributed by atoms with Crippen LogP contribution in [0.2, 0.25) is 0 Å². The highest BCUT2D eigenvalue weighted by Crippen LogP contribution is 2.22. The lowest BCUT2D eigenvalue weighted by atomic mass is 10.1. The quantitative estimate of drug-likeness (QED) is 0.683. The molecule has 0 saturated carbocycles. The third kappa shape index (κ3) is 2.22. The number of H-pyrrole nitrogens is 1. The van der Waals surface area contributed by atoms with E-state index in [1.807, 2.05) is 12.1 Å². The summed E-state index contributed by atoms with van der Waals surface area (Å²) < 4.78 is 10.6. The Balaban J connectivity index is 2.58. The van der Waals surface area contributed by atoms with E-state index in [9.17, 15) is 4.79 Å². The number of fused-ring (bicyclic) bond motifs is 1. The van der Waals surface area contributed by atoms with Crippen LogP contribution in [0.4, 0.5) is 0 Å². The standard InChI is InChI=1S/C13H13NO3S/c1-3-17-13(15)10-7-14-11-6-8(16-2)4-5-9(11)12(10)18/h4-7H,3H2,1-2H3,(H,14,18). The second-order valence-electron chi connectivity index (χ2n) is 3.66. The molecule has 0 radical (unpaired) electrons. The van der Waals surface area contributed by atoms with Gasteiger partial charge >= 0.3 is 5.97 Å². The lowest BCUT2D eigenvalue weighted by molar-refractivity contribution is 0.0525. The average Bonchev–Trinajstić information content (AvgIpc) is 2.38. The summed E-state index contributed by atoms with van der Waals surface area (Å²) in [6.45, 7) is 2.09. The van der Waals surface area contributed by atoms with Gasteiger partial charge in [-0.25, -0.2) is 4.79 Å². The molecule has 0 bridgehead atoms. The molecule has 0 unspecified atom stereocenters. The maximum atomic E-state index is 11.7. The predicted octanol–water partition coefficient (Wildman–Crippen LogP) is 3.08. The number of benzene rings is 1. The molecule has 1 heterocycles. The number of hydrogen-bond donors (Lipinski definition) is 1. The van der Waals surface area contributed by atoms with E-state index in [2.05, 4.69) is 4.98 Å². The van der Waals surface area contributed by atoms with E-state index in [0.29, 0.717) is 16.7 Å². The number of pyridine rings is 1. The molecule has 0 aliphatic heterocycles. The summed E-state index contributed by atoms with van der Waals surface area (Å²) >= 11 is 5.30. The van der Waals surface area contributed by atoms with Gasteiger partial charge in [-0.3, -0.25) is 0 Å². The van der Waals surface area contributed by atoms with Crippen molar-refractivity contribution in [3.8, 4) is 5.75 Å². The van der Waals surface area contributed by atoms with E-state index in [1.54, 1.807) is 26.3 Å². The summed E-state index contributed by atoms with van der Waals surface area (Å²) in [7, 11) is 1.60. The molecule has 0 fully saturated rings. The second-order valence-corrected chi connectivity index (χ2v) is 4.07. The second kappa shape index (κ2) is 5.18. The van der Waals surface area contributed by atoms with Gasteiger partial charge in [0.05, 0.1) is 29.3 Å². The molecule has 18 heavy (non-hydrogen) atoms. The van der Waals surface area contributed by atoms with Gasteiger partial charge < -0.3 is 14.5 Å². The zero-order chi connectivity index (χ0) is 13.1. The van der Waals surface area contributed by atoms with Crippen molar-refractivity contribution in [1.29, 1.82) is 0 Å². The molecule has 0 saturated heterocycles. The van der Waals surface area contributed by atoms with Crippen molar-refractivity contribution in [3.63, 3.8) is 0 Å². The smallest absolute Gasteiger partial charge is 0.341 e. The molecule has 2 aromatic rings. The number of nitrogens with one attached hydrogen (secondary N) is 1. The third-order valence-electron chi connectivity index (χ3n) is 2.58. The van der Waals surface area contributed by atoms with Crippen molar-refractivity contribution >= 4 is 29.1 Å². The van der Waals surface area contributed by atoms with Crippen LogP contribution in [0.1, 0.15) is 17.3 Å². The van der Waals surface area contributed by atoms with Gasteiger partial charge in [0, 0.05) is 17.6 Å². The molecule has 0 amide bonds. The van der Waals surface area contributed by atoms with E-state index in [-0.39, 0.29) is 0 Å². The van der Waals surface area contributed by atoms with Crippen molar-refractivity contribution in [2.75, 3.05) is 13.7 Å². The maximum Gasteiger partial charge on any atom is 0.341 e. The Morgan fingerprint density at radius 2 is 2.22 bits per heavy atom. The van der Waals surface area contributed by atoms with Gasteiger partial charge in [0.1, 0.15) is 5.75 Å². The lowest BCUT2D eigenvalue weighted by Crippen LogP contribution is -2.06. The highest BCUT2D eigenvalue weighted by atomic mass is 32.1. The Labute approximate surface area is 110 Å². The fourth-order valence-corrected chi connectivity index (χ4v) is 2.01. The van der Waals surface area contributed by atoms with Crippen molar-refractivity contribution in [2.24, 2.45) is 0 Å². The first-order valence-corrected chi connectivity index (χ1v) is 5.94. The van der Waals surface area contributed by atoms with Crippen LogP contribution < -0.4 is 4.74 Å². The lowest BCUT2D eigenvalue weighted by Gasteiger charge is -2.06. The molecular weight excluding hydrogens is 250 g/mol. The highest BCUT2D eigenvalue weighted by Gasteiger charge is 2.11. The van der Waals surface area contributed by atoms with E-state index >= 15 is 0 Å². The molecule has 1 N–H and O–H groups in total. The van der Waals surface area contributed by atoms with E-state index in [1.165, 1.54) is 0 Å². The number of aromatic amines is 1. The van der Waals surface area contributed by atoms with Gasteiger partial charge in [-0.15, -0.1) is 0 Å². The number of ether oxygens (including phenoxy) is 2.